The Kier molecular flexibility index (Phi) is 4.55. The molecule has 0 bridgehead atoms. The van der Waals surface area contributed by atoms with E-state index in [-0.39, 0.29) is 17.9 Å². The molecular formula is C18H20N4O2. The van der Waals surface area contributed by atoms with Gasteiger partial charge < -0.3 is 10.2 Å². The zero-order valence-corrected chi connectivity index (χ0v) is 13.8. The van der Waals surface area contributed by atoms with Crippen LogP contribution in [0.1, 0.15) is 28.9 Å². The Labute approximate surface area is 140 Å². The third kappa shape index (κ3) is 3.42. The fourth-order valence-corrected chi connectivity index (χ4v) is 2.75. The lowest BCUT2D eigenvalue weighted by Crippen LogP contribution is -2.46. The zero-order chi connectivity index (χ0) is 17.1. The van der Waals surface area contributed by atoms with Gasteiger partial charge in [-0.1, -0.05) is 30.3 Å². The normalized spacial score (nSPS) is 17.7. The lowest BCUT2D eigenvalue weighted by Gasteiger charge is -2.29. The van der Waals surface area contributed by atoms with E-state index in [1.807, 2.05) is 30.3 Å². The molecule has 2 amide bonds. The van der Waals surface area contributed by atoms with Crippen LogP contribution in [-0.2, 0) is 4.79 Å². The highest BCUT2D eigenvalue weighted by molar-refractivity contribution is 5.95. The minimum atomic E-state index is -0.227. The number of benzene rings is 1. The number of nitrogens with one attached hydrogen (secondary N) is 1. The van der Waals surface area contributed by atoms with Crippen LogP contribution in [0.15, 0.2) is 36.5 Å². The quantitative estimate of drug-likeness (QED) is 0.934. The van der Waals surface area contributed by atoms with Crippen molar-refractivity contribution in [2.75, 3.05) is 13.6 Å². The lowest BCUT2D eigenvalue weighted by atomic mass is 10.0. The summed E-state index contributed by atoms with van der Waals surface area (Å²) in [5.41, 5.74) is 1.98. The molecule has 1 aliphatic heterocycles. The van der Waals surface area contributed by atoms with Crippen molar-refractivity contribution in [3.05, 3.63) is 47.8 Å². The van der Waals surface area contributed by atoms with Gasteiger partial charge in [-0.2, -0.15) is 0 Å². The first-order valence-corrected chi connectivity index (χ1v) is 7.98. The van der Waals surface area contributed by atoms with Crippen molar-refractivity contribution in [1.29, 1.82) is 0 Å². The molecule has 1 N–H and O–H groups in total. The van der Waals surface area contributed by atoms with Crippen LogP contribution >= 0.6 is 0 Å². The largest absolute Gasteiger partial charge is 0.349 e. The first kappa shape index (κ1) is 16.1. The molecule has 1 aliphatic rings. The fourth-order valence-electron chi connectivity index (χ4n) is 2.75. The number of hydrogen-bond acceptors (Lipinski definition) is 4. The van der Waals surface area contributed by atoms with Crippen LogP contribution in [-0.4, -0.2) is 46.3 Å². The van der Waals surface area contributed by atoms with Crippen molar-refractivity contribution < 1.29 is 9.59 Å². The number of hydrogen-bond donors (Lipinski definition) is 1. The van der Waals surface area contributed by atoms with Gasteiger partial charge >= 0.3 is 0 Å². The summed E-state index contributed by atoms with van der Waals surface area (Å²) in [7, 11) is 1.78. The Morgan fingerprint density at radius 1 is 1.29 bits per heavy atom. The van der Waals surface area contributed by atoms with E-state index in [1.54, 1.807) is 25.1 Å². The van der Waals surface area contributed by atoms with Crippen molar-refractivity contribution in [1.82, 2.24) is 20.2 Å². The average molecular weight is 324 g/mol. The molecule has 1 atom stereocenters. The van der Waals surface area contributed by atoms with E-state index in [0.717, 1.165) is 12.0 Å². The summed E-state index contributed by atoms with van der Waals surface area (Å²) in [5.74, 6) is 0.424. The highest BCUT2D eigenvalue weighted by Gasteiger charge is 2.25. The number of likely N-dealkylation sites (tertiary alicyclic amines) is 1. The molecule has 1 fully saturated rings. The summed E-state index contributed by atoms with van der Waals surface area (Å²) in [6.45, 7) is 2.45. The predicted molar refractivity (Wildman–Crippen MR) is 90.3 cm³/mol. The standard InChI is InChI=1S/C18H20N4O2/c1-12-15(11-19-17(20-12)13-6-4-3-5-7-13)18(24)21-14-8-9-22(2)16(23)10-14/h3-7,11,14H,8-10H2,1-2H3,(H,21,24)/t14-/m0/s1. The molecule has 1 aromatic carbocycles. The Bertz CT molecular complexity index is 761. The van der Waals surface area contributed by atoms with Crippen LogP contribution in [0.25, 0.3) is 11.4 Å². The topological polar surface area (TPSA) is 75.2 Å². The number of piperidine rings is 1. The van der Waals surface area contributed by atoms with Crippen LogP contribution in [0.4, 0.5) is 0 Å². The summed E-state index contributed by atoms with van der Waals surface area (Å²) >= 11 is 0. The van der Waals surface area contributed by atoms with Crippen molar-refractivity contribution in [3.63, 3.8) is 0 Å². The second-order valence-corrected chi connectivity index (χ2v) is 6.04. The summed E-state index contributed by atoms with van der Waals surface area (Å²) in [6, 6.07) is 9.50. The third-order valence-electron chi connectivity index (χ3n) is 4.25. The fraction of sp³-hybridized carbons (Fsp3) is 0.333. The second kappa shape index (κ2) is 6.78. The molecule has 0 saturated carbocycles. The van der Waals surface area contributed by atoms with Crippen LogP contribution in [0.2, 0.25) is 0 Å². The summed E-state index contributed by atoms with van der Waals surface area (Å²) in [4.78, 5) is 34.6. The number of aryl methyl sites for hydroxylation is 1. The smallest absolute Gasteiger partial charge is 0.254 e. The molecule has 0 aliphatic carbocycles. The minimum absolute atomic E-state index is 0.0546. The molecule has 2 aromatic rings. The molecule has 0 radical (unpaired) electrons. The van der Waals surface area contributed by atoms with E-state index in [2.05, 4.69) is 15.3 Å². The highest BCUT2D eigenvalue weighted by Crippen LogP contribution is 2.16. The number of rotatable bonds is 3. The third-order valence-corrected chi connectivity index (χ3v) is 4.25. The zero-order valence-electron chi connectivity index (χ0n) is 13.8. The Morgan fingerprint density at radius 3 is 2.71 bits per heavy atom. The van der Waals surface area contributed by atoms with Crippen molar-refractivity contribution in [3.8, 4) is 11.4 Å². The SMILES string of the molecule is Cc1nc(-c2ccccc2)ncc1C(=O)N[C@H]1CCN(C)C(=O)C1. The minimum Gasteiger partial charge on any atom is -0.349 e. The van der Waals surface area contributed by atoms with Crippen molar-refractivity contribution in [2.24, 2.45) is 0 Å². The van der Waals surface area contributed by atoms with Gasteiger partial charge in [-0.25, -0.2) is 9.97 Å². The summed E-state index contributed by atoms with van der Waals surface area (Å²) in [5, 5.41) is 2.92. The highest BCUT2D eigenvalue weighted by atomic mass is 16.2. The molecule has 2 heterocycles. The maximum Gasteiger partial charge on any atom is 0.254 e. The number of amides is 2. The molecular weight excluding hydrogens is 304 g/mol. The molecule has 0 unspecified atom stereocenters. The molecule has 1 saturated heterocycles. The molecule has 24 heavy (non-hydrogen) atoms. The van der Waals surface area contributed by atoms with Gasteiger partial charge in [-0.15, -0.1) is 0 Å². The van der Waals surface area contributed by atoms with Gasteiger partial charge in [0.2, 0.25) is 5.91 Å². The van der Waals surface area contributed by atoms with E-state index >= 15 is 0 Å². The van der Waals surface area contributed by atoms with E-state index in [0.29, 0.717) is 30.0 Å². The molecule has 124 valence electrons. The van der Waals surface area contributed by atoms with E-state index in [9.17, 15) is 9.59 Å². The maximum atomic E-state index is 12.5. The molecule has 6 heteroatoms. The van der Waals surface area contributed by atoms with Crippen molar-refractivity contribution >= 4 is 11.8 Å². The Hall–Kier alpha value is -2.76. The first-order chi connectivity index (χ1) is 11.5. The van der Waals surface area contributed by atoms with Crippen LogP contribution in [0.3, 0.4) is 0 Å². The summed E-state index contributed by atoms with van der Waals surface area (Å²) < 4.78 is 0. The molecule has 3 rings (SSSR count). The number of aromatic nitrogens is 2. The van der Waals surface area contributed by atoms with Gasteiger partial charge in [0.1, 0.15) is 0 Å². The maximum absolute atomic E-state index is 12.5. The molecule has 1 aromatic heterocycles. The van der Waals surface area contributed by atoms with Gasteiger partial charge in [0.05, 0.1) is 11.3 Å². The van der Waals surface area contributed by atoms with Gasteiger partial charge in [-0.05, 0) is 13.3 Å². The van der Waals surface area contributed by atoms with Gasteiger partial charge in [0.15, 0.2) is 5.82 Å². The van der Waals surface area contributed by atoms with E-state index < -0.39 is 0 Å². The number of nitrogens with zero attached hydrogens (tertiary/aromatic N) is 3. The monoisotopic (exact) mass is 324 g/mol. The van der Waals surface area contributed by atoms with Crippen molar-refractivity contribution in [2.45, 2.75) is 25.8 Å². The molecule has 6 nitrogen and oxygen atoms in total. The first-order valence-electron chi connectivity index (χ1n) is 7.98. The Morgan fingerprint density at radius 2 is 2.04 bits per heavy atom. The number of carbonyl (C=O) groups excluding carboxylic acids is 2. The van der Waals surface area contributed by atoms with E-state index in [4.69, 9.17) is 0 Å². The van der Waals surface area contributed by atoms with E-state index in [1.165, 1.54) is 0 Å². The predicted octanol–water partition coefficient (Wildman–Crippen LogP) is 1.80. The van der Waals surface area contributed by atoms with Crippen LogP contribution in [0.5, 0.6) is 0 Å². The second-order valence-electron chi connectivity index (χ2n) is 6.04. The van der Waals surface area contributed by atoms with Gasteiger partial charge in [0.25, 0.3) is 5.91 Å². The van der Waals surface area contributed by atoms with Gasteiger partial charge in [0, 0.05) is 37.8 Å². The Balaban J connectivity index is 1.73. The average Bonchev–Trinajstić information content (AvgIpc) is 2.59. The summed E-state index contributed by atoms with van der Waals surface area (Å²) in [6.07, 6.45) is 2.65. The number of carbonyl (C=O) groups is 2. The van der Waals surface area contributed by atoms with Gasteiger partial charge in [-0.3, -0.25) is 9.59 Å². The lowest BCUT2D eigenvalue weighted by molar-refractivity contribution is -0.132. The molecule has 0 spiro atoms. The van der Waals surface area contributed by atoms with Crippen LogP contribution in [0, 0.1) is 6.92 Å². The van der Waals surface area contributed by atoms with Crippen LogP contribution < -0.4 is 5.32 Å².